The van der Waals surface area contributed by atoms with E-state index in [9.17, 15) is 18.0 Å². The van der Waals surface area contributed by atoms with Gasteiger partial charge in [-0.3, -0.25) is 4.79 Å². The van der Waals surface area contributed by atoms with Crippen LogP contribution >= 0.6 is 15.9 Å². The lowest BCUT2D eigenvalue weighted by Crippen LogP contribution is -2.37. The number of rotatable bonds is 4. The molecule has 1 amide bonds. The summed E-state index contributed by atoms with van der Waals surface area (Å²) in [6.07, 6.45) is -4.51. The molecule has 0 heterocycles. The minimum Gasteiger partial charge on any atom is -0.383 e. The van der Waals surface area contributed by atoms with Crippen molar-refractivity contribution in [2.45, 2.75) is 19.1 Å². The van der Waals surface area contributed by atoms with Gasteiger partial charge < -0.3 is 9.64 Å². The van der Waals surface area contributed by atoms with Crippen molar-refractivity contribution >= 4 is 21.8 Å². The summed E-state index contributed by atoms with van der Waals surface area (Å²) < 4.78 is 43.2. The Bertz CT molecular complexity index is 491. The summed E-state index contributed by atoms with van der Waals surface area (Å²) in [5.74, 6) is -0.479. The topological polar surface area (TPSA) is 29.5 Å². The van der Waals surface area contributed by atoms with Gasteiger partial charge in [0.15, 0.2) is 0 Å². The number of alkyl halides is 3. The molecule has 0 aliphatic rings. The molecule has 0 radical (unpaired) electrons. The summed E-state index contributed by atoms with van der Waals surface area (Å²) >= 11 is 2.84. The van der Waals surface area contributed by atoms with Gasteiger partial charge in [0.1, 0.15) is 0 Å². The van der Waals surface area contributed by atoms with Crippen LogP contribution < -0.4 is 0 Å². The minimum absolute atomic E-state index is 0.00835. The highest BCUT2D eigenvalue weighted by Gasteiger charge is 2.34. The number of amides is 1. The zero-order valence-corrected chi connectivity index (χ0v) is 12.9. The molecule has 0 bridgehead atoms. The molecule has 1 aromatic rings. The quantitative estimate of drug-likeness (QED) is 0.827. The first-order valence-corrected chi connectivity index (χ1v) is 6.60. The van der Waals surface area contributed by atoms with Crippen molar-refractivity contribution in [1.29, 1.82) is 0 Å². The lowest BCUT2D eigenvalue weighted by Gasteiger charge is -2.24. The summed E-state index contributed by atoms with van der Waals surface area (Å²) in [5, 5.41) is 0. The number of carbonyl (C=O) groups excluding carboxylic acids is 1. The van der Waals surface area contributed by atoms with Crippen molar-refractivity contribution in [3.8, 4) is 0 Å². The predicted octanol–water partition coefficient (Wildman–Crippen LogP) is 3.57. The average molecular weight is 354 g/mol. The molecule has 0 fully saturated rings. The van der Waals surface area contributed by atoms with Crippen LogP contribution in [0.2, 0.25) is 0 Å². The number of nitrogens with zero attached hydrogens (tertiary/aromatic N) is 1. The zero-order valence-electron chi connectivity index (χ0n) is 11.3. The predicted molar refractivity (Wildman–Crippen MR) is 72.6 cm³/mol. The molecule has 0 N–H and O–H groups in total. The monoisotopic (exact) mass is 353 g/mol. The van der Waals surface area contributed by atoms with Crippen LogP contribution in [0.5, 0.6) is 0 Å². The Morgan fingerprint density at radius 1 is 1.45 bits per heavy atom. The summed E-state index contributed by atoms with van der Waals surface area (Å²) in [6.45, 7) is 2.07. The third kappa shape index (κ3) is 3.96. The van der Waals surface area contributed by atoms with Gasteiger partial charge in [-0.15, -0.1) is 0 Å². The summed E-state index contributed by atoms with van der Waals surface area (Å²) in [4.78, 5) is 13.5. The number of benzene rings is 1. The number of methoxy groups -OCH3 is 1. The largest absolute Gasteiger partial charge is 0.417 e. The fourth-order valence-corrected chi connectivity index (χ4v) is 2.10. The van der Waals surface area contributed by atoms with Crippen LogP contribution in [0, 0.1) is 0 Å². The van der Waals surface area contributed by atoms with Crippen LogP contribution in [-0.2, 0) is 10.9 Å². The van der Waals surface area contributed by atoms with Crippen molar-refractivity contribution in [3.63, 3.8) is 0 Å². The molecule has 1 aromatic carbocycles. The Morgan fingerprint density at radius 3 is 2.55 bits per heavy atom. The van der Waals surface area contributed by atoms with Crippen LogP contribution in [-0.4, -0.2) is 37.6 Å². The van der Waals surface area contributed by atoms with Crippen molar-refractivity contribution in [1.82, 2.24) is 4.90 Å². The molecule has 0 saturated carbocycles. The van der Waals surface area contributed by atoms with E-state index in [2.05, 4.69) is 15.9 Å². The number of hydrogen-bond donors (Lipinski definition) is 0. The maximum atomic E-state index is 12.8. The first-order chi connectivity index (χ1) is 9.18. The van der Waals surface area contributed by atoms with E-state index in [0.29, 0.717) is 6.61 Å². The lowest BCUT2D eigenvalue weighted by atomic mass is 10.1. The van der Waals surface area contributed by atoms with Gasteiger partial charge in [0.2, 0.25) is 0 Å². The Balaban J connectivity index is 3.06. The molecule has 0 saturated heterocycles. The normalized spacial score (nSPS) is 13.2. The van der Waals surface area contributed by atoms with E-state index in [0.717, 1.165) is 6.07 Å². The first-order valence-electron chi connectivity index (χ1n) is 5.81. The van der Waals surface area contributed by atoms with E-state index in [-0.39, 0.29) is 16.1 Å². The average Bonchev–Trinajstić information content (AvgIpc) is 2.36. The molecule has 0 aliphatic heterocycles. The fraction of sp³-hybridized carbons (Fsp3) is 0.462. The van der Waals surface area contributed by atoms with Gasteiger partial charge in [-0.1, -0.05) is 15.9 Å². The van der Waals surface area contributed by atoms with Crippen LogP contribution in [0.25, 0.3) is 0 Å². The first kappa shape index (κ1) is 17.0. The summed E-state index contributed by atoms with van der Waals surface area (Å²) in [7, 11) is 3.03. The van der Waals surface area contributed by atoms with Gasteiger partial charge in [0.05, 0.1) is 18.2 Å². The lowest BCUT2D eigenvalue weighted by molar-refractivity contribution is -0.138. The summed E-state index contributed by atoms with van der Waals surface area (Å²) in [6, 6.07) is 3.20. The van der Waals surface area contributed by atoms with E-state index in [1.54, 1.807) is 6.92 Å². The number of carbonyl (C=O) groups is 1. The maximum absolute atomic E-state index is 12.8. The second kappa shape index (κ2) is 6.58. The highest BCUT2D eigenvalue weighted by molar-refractivity contribution is 9.10. The van der Waals surface area contributed by atoms with Gasteiger partial charge in [-0.2, -0.15) is 13.2 Å². The van der Waals surface area contributed by atoms with Crippen molar-refractivity contribution in [3.05, 3.63) is 33.8 Å². The smallest absolute Gasteiger partial charge is 0.383 e. The number of likely N-dealkylation sites (N-methyl/N-ethyl adjacent to an activating group) is 1. The Hall–Kier alpha value is -1.08. The Morgan fingerprint density at radius 2 is 2.05 bits per heavy atom. The highest BCUT2D eigenvalue weighted by Crippen LogP contribution is 2.35. The Labute approximate surface area is 123 Å². The van der Waals surface area contributed by atoms with Gasteiger partial charge in [-0.05, 0) is 25.1 Å². The zero-order chi connectivity index (χ0) is 15.5. The molecule has 7 heteroatoms. The molecule has 112 valence electrons. The van der Waals surface area contributed by atoms with E-state index in [1.165, 1.54) is 31.2 Å². The van der Waals surface area contributed by atoms with E-state index in [1.807, 2.05) is 0 Å². The van der Waals surface area contributed by atoms with E-state index >= 15 is 0 Å². The fourth-order valence-electron chi connectivity index (χ4n) is 1.63. The Kier molecular flexibility index (Phi) is 5.59. The van der Waals surface area contributed by atoms with Crippen LogP contribution in [0.15, 0.2) is 22.7 Å². The van der Waals surface area contributed by atoms with E-state index in [4.69, 9.17) is 4.74 Å². The van der Waals surface area contributed by atoms with Gasteiger partial charge in [0, 0.05) is 24.2 Å². The molecule has 0 aromatic heterocycles. The molecule has 3 nitrogen and oxygen atoms in total. The summed E-state index contributed by atoms with van der Waals surface area (Å²) in [5.41, 5.74) is -0.873. The molecule has 1 atom stereocenters. The second-order valence-corrected chi connectivity index (χ2v) is 5.27. The molecular formula is C13H15BrF3NO2. The van der Waals surface area contributed by atoms with Crippen molar-refractivity contribution in [2.24, 2.45) is 0 Å². The molecular weight excluding hydrogens is 339 g/mol. The number of ether oxygens (including phenoxy) is 1. The second-order valence-electron chi connectivity index (χ2n) is 4.41. The molecule has 20 heavy (non-hydrogen) atoms. The third-order valence-corrected chi connectivity index (χ3v) is 3.60. The molecule has 1 unspecified atom stereocenters. The van der Waals surface area contributed by atoms with Gasteiger partial charge in [-0.25, -0.2) is 0 Å². The van der Waals surface area contributed by atoms with Crippen LogP contribution in [0.4, 0.5) is 13.2 Å². The minimum atomic E-state index is -4.51. The molecule has 0 spiro atoms. The maximum Gasteiger partial charge on any atom is 0.417 e. The van der Waals surface area contributed by atoms with Gasteiger partial charge in [0.25, 0.3) is 5.91 Å². The number of hydrogen-bond acceptors (Lipinski definition) is 2. The van der Waals surface area contributed by atoms with Gasteiger partial charge >= 0.3 is 6.18 Å². The van der Waals surface area contributed by atoms with Crippen LogP contribution in [0.1, 0.15) is 22.8 Å². The number of halogens is 4. The SMILES string of the molecule is COCC(C)N(C)C(=O)c1ccc(Br)c(C(F)(F)F)c1. The van der Waals surface area contributed by atoms with Crippen LogP contribution in [0.3, 0.4) is 0 Å². The van der Waals surface area contributed by atoms with E-state index < -0.39 is 17.6 Å². The molecule has 1 rings (SSSR count). The standard InChI is InChI=1S/C13H15BrF3NO2/c1-8(7-20-3)18(2)12(19)9-4-5-11(14)10(6-9)13(15,16)17/h4-6,8H,7H2,1-3H3. The van der Waals surface area contributed by atoms with Crippen molar-refractivity contribution in [2.75, 3.05) is 20.8 Å². The highest BCUT2D eigenvalue weighted by atomic mass is 79.9. The molecule has 0 aliphatic carbocycles. The third-order valence-electron chi connectivity index (χ3n) is 2.91. The van der Waals surface area contributed by atoms with Crippen molar-refractivity contribution < 1.29 is 22.7 Å².